The van der Waals surface area contributed by atoms with Crippen LogP contribution in [0.5, 0.6) is 0 Å². The SMILES string of the molecule is CCCCCCC(NC)c1cn2nc(CC3C(=O)NC4CC3C4)c(C3COCCC3(F)F)nc2n1. The van der Waals surface area contributed by atoms with E-state index in [1.807, 2.05) is 13.2 Å². The fraction of sp³-hybridized carbons (Fsp3) is 0.760. The average Bonchev–Trinajstić information content (AvgIpc) is 3.21. The van der Waals surface area contributed by atoms with Crippen LogP contribution in [0.3, 0.4) is 0 Å². The lowest BCUT2D eigenvalue weighted by molar-refractivity contribution is -0.135. The van der Waals surface area contributed by atoms with Crippen LogP contribution in [0, 0.1) is 11.8 Å². The van der Waals surface area contributed by atoms with Gasteiger partial charge >= 0.3 is 0 Å². The molecule has 1 saturated carbocycles. The molecule has 8 nitrogen and oxygen atoms in total. The Morgan fingerprint density at radius 1 is 1.29 bits per heavy atom. The molecule has 1 amide bonds. The molecule has 5 heterocycles. The lowest BCUT2D eigenvalue weighted by Crippen LogP contribution is -2.57. The third-order valence-corrected chi connectivity index (χ3v) is 8.03. The van der Waals surface area contributed by atoms with Crippen LogP contribution < -0.4 is 10.6 Å². The van der Waals surface area contributed by atoms with Gasteiger partial charge in [0, 0.05) is 24.8 Å². The first-order chi connectivity index (χ1) is 16.9. The Labute approximate surface area is 204 Å². The number of amides is 1. The third kappa shape index (κ3) is 4.91. The molecule has 3 saturated heterocycles. The maximum atomic E-state index is 15.0. The lowest BCUT2D eigenvalue weighted by atomic mass is 9.67. The number of carbonyl (C=O) groups excluding carboxylic acids is 1. The minimum atomic E-state index is -2.95. The summed E-state index contributed by atoms with van der Waals surface area (Å²) in [5.74, 6) is -3.83. The van der Waals surface area contributed by atoms with Gasteiger partial charge in [-0.05, 0) is 32.2 Å². The molecule has 0 radical (unpaired) electrons. The molecule has 35 heavy (non-hydrogen) atoms. The van der Waals surface area contributed by atoms with Crippen LogP contribution in [0.4, 0.5) is 8.78 Å². The van der Waals surface area contributed by atoms with Gasteiger partial charge in [-0.3, -0.25) is 4.79 Å². The van der Waals surface area contributed by atoms with E-state index in [1.165, 1.54) is 12.8 Å². The van der Waals surface area contributed by atoms with Crippen LogP contribution in [-0.4, -0.2) is 57.7 Å². The quantitative estimate of drug-likeness (QED) is 0.495. The van der Waals surface area contributed by atoms with Gasteiger partial charge in [0.05, 0.1) is 48.5 Å². The van der Waals surface area contributed by atoms with Crippen LogP contribution >= 0.6 is 0 Å². The Morgan fingerprint density at radius 2 is 2.11 bits per heavy atom. The molecule has 2 N–H and O–H groups in total. The lowest BCUT2D eigenvalue weighted by Gasteiger charge is -2.46. The first kappa shape index (κ1) is 24.5. The van der Waals surface area contributed by atoms with Crippen LogP contribution in [-0.2, 0) is 16.0 Å². The van der Waals surface area contributed by atoms with E-state index in [0.717, 1.165) is 37.8 Å². The monoisotopic (exact) mass is 490 g/mol. The number of carbonyl (C=O) groups is 1. The molecular weight excluding hydrogens is 454 g/mol. The van der Waals surface area contributed by atoms with E-state index in [1.54, 1.807) is 4.52 Å². The van der Waals surface area contributed by atoms with Gasteiger partial charge in [0.2, 0.25) is 5.91 Å². The van der Waals surface area contributed by atoms with Crippen LogP contribution in [0.1, 0.15) is 87.3 Å². The highest BCUT2D eigenvalue weighted by Crippen LogP contribution is 2.43. The van der Waals surface area contributed by atoms with Gasteiger partial charge in [-0.2, -0.15) is 5.10 Å². The van der Waals surface area contributed by atoms with Crippen molar-refractivity contribution in [1.29, 1.82) is 0 Å². The molecule has 3 atom stereocenters. The smallest absolute Gasteiger partial charge is 0.260 e. The number of hydrogen-bond acceptors (Lipinski definition) is 6. The Balaban J connectivity index is 1.48. The minimum absolute atomic E-state index is 0.00866. The Morgan fingerprint density at radius 3 is 2.83 bits per heavy atom. The number of unbranched alkanes of at least 4 members (excludes halogenated alkanes) is 3. The molecule has 0 spiro atoms. The second-order valence-corrected chi connectivity index (χ2v) is 10.4. The van der Waals surface area contributed by atoms with Gasteiger partial charge in [0.15, 0.2) is 0 Å². The van der Waals surface area contributed by atoms with Crippen molar-refractivity contribution in [3.05, 3.63) is 23.3 Å². The van der Waals surface area contributed by atoms with Crippen molar-refractivity contribution < 1.29 is 18.3 Å². The number of piperidine rings is 2. The number of hydrogen-bond donors (Lipinski definition) is 2. The molecule has 1 aliphatic carbocycles. The maximum absolute atomic E-state index is 15.0. The predicted molar refractivity (Wildman–Crippen MR) is 126 cm³/mol. The van der Waals surface area contributed by atoms with Crippen molar-refractivity contribution in [2.75, 3.05) is 20.3 Å². The fourth-order valence-corrected chi connectivity index (χ4v) is 5.77. The van der Waals surface area contributed by atoms with Gasteiger partial charge < -0.3 is 15.4 Å². The zero-order chi connectivity index (χ0) is 24.6. The Kier molecular flexibility index (Phi) is 7.03. The van der Waals surface area contributed by atoms with E-state index in [0.29, 0.717) is 17.9 Å². The molecule has 2 aromatic rings. The average molecular weight is 491 g/mol. The number of imidazole rings is 1. The molecule has 0 aromatic carbocycles. The van der Waals surface area contributed by atoms with Crippen LogP contribution in [0.15, 0.2) is 6.20 Å². The Bertz CT molecular complexity index is 1050. The molecule has 4 aliphatic rings. The van der Waals surface area contributed by atoms with E-state index in [9.17, 15) is 4.79 Å². The van der Waals surface area contributed by atoms with E-state index >= 15 is 8.78 Å². The molecule has 3 unspecified atom stereocenters. The van der Waals surface area contributed by atoms with Crippen molar-refractivity contribution >= 4 is 11.7 Å². The summed E-state index contributed by atoms with van der Waals surface area (Å²) in [6.07, 6.45) is 9.23. The van der Waals surface area contributed by atoms with Crippen molar-refractivity contribution in [2.45, 2.75) is 88.6 Å². The molecule has 3 aliphatic heterocycles. The largest absolute Gasteiger partial charge is 0.380 e. The molecule has 6 rings (SSSR count). The van der Waals surface area contributed by atoms with E-state index < -0.39 is 11.8 Å². The number of nitrogens with zero attached hydrogens (tertiary/aromatic N) is 4. The molecule has 2 bridgehead atoms. The van der Waals surface area contributed by atoms with Crippen molar-refractivity contribution in [3.8, 4) is 0 Å². The summed E-state index contributed by atoms with van der Waals surface area (Å²) in [5.41, 5.74) is 1.47. The second-order valence-electron chi connectivity index (χ2n) is 10.4. The summed E-state index contributed by atoms with van der Waals surface area (Å²) >= 11 is 0. The number of rotatable bonds is 10. The van der Waals surface area contributed by atoms with Crippen molar-refractivity contribution in [3.63, 3.8) is 0 Å². The number of nitrogens with one attached hydrogen (secondary N) is 2. The highest BCUT2D eigenvalue weighted by Gasteiger charge is 2.48. The normalized spacial score (nSPS) is 28.5. The van der Waals surface area contributed by atoms with Crippen LogP contribution in [0.25, 0.3) is 5.78 Å². The topological polar surface area (TPSA) is 93.4 Å². The minimum Gasteiger partial charge on any atom is -0.380 e. The zero-order valence-corrected chi connectivity index (χ0v) is 20.6. The summed E-state index contributed by atoms with van der Waals surface area (Å²) in [7, 11) is 1.90. The van der Waals surface area contributed by atoms with Crippen molar-refractivity contribution in [1.82, 2.24) is 30.2 Å². The molecule has 4 fully saturated rings. The zero-order valence-electron chi connectivity index (χ0n) is 20.6. The number of fused-ring (bicyclic) bond motifs is 3. The van der Waals surface area contributed by atoms with Gasteiger partial charge in [-0.1, -0.05) is 32.6 Å². The van der Waals surface area contributed by atoms with Gasteiger partial charge in [-0.15, -0.1) is 0 Å². The molecule has 192 valence electrons. The van der Waals surface area contributed by atoms with Gasteiger partial charge in [0.25, 0.3) is 11.7 Å². The molecule has 10 heteroatoms. The summed E-state index contributed by atoms with van der Waals surface area (Å²) < 4.78 is 37.0. The Hall–Kier alpha value is -2.20. The summed E-state index contributed by atoms with van der Waals surface area (Å²) in [4.78, 5) is 22.0. The number of halogens is 2. The van der Waals surface area contributed by atoms with E-state index in [4.69, 9.17) is 9.84 Å². The molecular formula is C25H36F2N6O2. The second kappa shape index (κ2) is 10.0. The van der Waals surface area contributed by atoms with Crippen molar-refractivity contribution in [2.24, 2.45) is 11.8 Å². The predicted octanol–water partition coefficient (Wildman–Crippen LogP) is 3.56. The first-order valence-electron chi connectivity index (χ1n) is 13.1. The van der Waals surface area contributed by atoms with Crippen LogP contribution in [0.2, 0.25) is 0 Å². The van der Waals surface area contributed by atoms with Gasteiger partial charge in [0.1, 0.15) is 0 Å². The number of ether oxygens (including phenoxy) is 1. The third-order valence-electron chi connectivity index (χ3n) is 8.03. The highest BCUT2D eigenvalue weighted by molar-refractivity contribution is 5.81. The standard InChI is InChI=1S/C25H36F2N6O2/c1-3-4-5-6-7-19(28-2)21-13-33-24(30-21)31-22(18-14-35-9-8-25(18,26)27)20(32-33)12-17-15-10-16(11-15)29-23(17)34/h13,15-19,28H,3-12,14H2,1-2H3,(H,29,34). The number of aromatic nitrogens is 4. The fourth-order valence-electron chi connectivity index (χ4n) is 5.77. The van der Waals surface area contributed by atoms with Gasteiger partial charge in [-0.25, -0.2) is 23.3 Å². The summed E-state index contributed by atoms with van der Waals surface area (Å²) in [6, 6.07) is 0.303. The van der Waals surface area contributed by atoms with E-state index in [-0.39, 0.29) is 55.2 Å². The first-order valence-corrected chi connectivity index (χ1v) is 13.1. The molecule has 2 aromatic heterocycles. The van der Waals surface area contributed by atoms with E-state index in [2.05, 4.69) is 27.5 Å². The summed E-state index contributed by atoms with van der Waals surface area (Å²) in [5, 5.41) is 11.1. The maximum Gasteiger partial charge on any atom is 0.260 e. The number of alkyl halides is 2. The summed E-state index contributed by atoms with van der Waals surface area (Å²) in [6.45, 7) is 2.10. The highest BCUT2D eigenvalue weighted by atomic mass is 19.3.